The molecule has 0 aliphatic rings. The SMILES string of the molecule is Nc1ccc(S(N)(=O)=O)cc1Nc1ccc2sccc2c1. The van der Waals surface area contributed by atoms with Crippen LogP contribution >= 0.6 is 11.3 Å². The maximum absolute atomic E-state index is 11.4. The molecular formula is C14H13N3O2S2. The number of nitrogens with two attached hydrogens (primary N) is 2. The Hall–Kier alpha value is -2.09. The van der Waals surface area contributed by atoms with Gasteiger partial charge in [0.2, 0.25) is 10.0 Å². The van der Waals surface area contributed by atoms with Crippen molar-refractivity contribution in [3.05, 3.63) is 47.8 Å². The fraction of sp³-hybridized carbons (Fsp3) is 0. The van der Waals surface area contributed by atoms with Gasteiger partial charge in [0.25, 0.3) is 0 Å². The molecule has 0 saturated heterocycles. The van der Waals surface area contributed by atoms with Crippen LogP contribution < -0.4 is 16.2 Å². The lowest BCUT2D eigenvalue weighted by atomic mass is 10.2. The zero-order chi connectivity index (χ0) is 15.0. The average molecular weight is 319 g/mol. The smallest absolute Gasteiger partial charge is 0.238 e. The van der Waals surface area contributed by atoms with E-state index in [0.717, 1.165) is 11.1 Å². The first-order chi connectivity index (χ1) is 9.93. The van der Waals surface area contributed by atoms with E-state index >= 15 is 0 Å². The molecule has 0 aliphatic carbocycles. The van der Waals surface area contributed by atoms with E-state index in [1.54, 1.807) is 11.3 Å². The number of fused-ring (bicyclic) bond motifs is 1. The van der Waals surface area contributed by atoms with Gasteiger partial charge >= 0.3 is 0 Å². The van der Waals surface area contributed by atoms with Crippen molar-refractivity contribution in [2.75, 3.05) is 11.1 Å². The normalized spacial score (nSPS) is 11.7. The van der Waals surface area contributed by atoms with Gasteiger partial charge < -0.3 is 11.1 Å². The second-order valence-electron chi connectivity index (χ2n) is 4.59. The van der Waals surface area contributed by atoms with Gasteiger partial charge in [-0.25, -0.2) is 13.6 Å². The van der Waals surface area contributed by atoms with Gasteiger partial charge in [0.1, 0.15) is 0 Å². The first-order valence-corrected chi connectivity index (χ1v) is 8.53. The van der Waals surface area contributed by atoms with Crippen LogP contribution in [0.3, 0.4) is 0 Å². The molecule has 5 N–H and O–H groups in total. The van der Waals surface area contributed by atoms with Crippen LogP contribution in [-0.2, 0) is 10.0 Å². The fourth-order valence-corrected chi connectivity index (χ4v) is 3.33. The van der Waals surface area contributed by atoms with Crippen molar-refractivity contribution in [3.8, 4) is 0 Å². The van der Waals surface area contributed by atoms with Crippen molar-refractivity contribution in [2.24, 2.45) is 5.14 Å². The highest BCUT2D eigenvalue weighted by Gasteiger charge is 2.10. The zero-order valence-corrected chi connectivity index (χ0v) is 12.5. The van der Waals surface area contributed by atoms with Crippen LogP contribution in [0.4, 0.5) is 17.1 Å². The lowest BCUT2D eigenvalue weighted by molar-refractivity contribution is 0.598. The lowest BCUT2D eigenvalue weighted by Gasteiger charge is -2.11. The number of nitrogens with one attached hydrogen (secondary N) is 1. The molecule has 0 amide bonds. The molecular weight excluding hydrogens is 306 g/mol. The van der Waals surface area contributed by atoms with E-state index in [2.05, 4.69) is 5.32 Å². The summed E-state index contributed by atoms with van der Waals surface area (Å²) in [6, 6.07) is 12.3. The highest BCUT2D eigenvalue weighted by Crippen LogP contribution is 2.29. The Labute approximate surface area is 126 Å². The van der Waals surface area contributed by atoms with Crippen LogP contribution in [0, 0.1) is 0 Å². The monoisotopic (exact) mass is 319 g/mol. The Morgan fingerprint density at radius 3 is 2.62 bits per heavy atom. The van der Waals surface area contributed by atoms with E-state index in [0.29, 0.717) is 11.4 Å². The molecule has 5 nitrogen and oxygen atoms in total. The third kappa shape index (κ3) is 2.85. The molecule has 0 unspecified atom stereocenters. The van der Waals surface area contributed by atoms with Gasteiger partial charge in [-0.1, -0.05) is 0 Å². The van der Waals surface area contributed by atoms with Crippen molar-refractivity contribution in [1.29, 1.82) is 0 Å². The molecule has 21 heavy (non-hydrogen) atoms. The van der Waals surface area contributed by atoms with Crippen molar-refractivity contribution in [2.45, 2.75) is 4.90 Å². The summed E-state index contributed by atoms with van der Waals surface area (Å²) in [6.45, 7) is 0. The predicted octanol–water partition coefficient (Wildman–Crippen LogP) is 2.87. The third-order valence-electron chi connectivity index (χ3n) is 3.08. The number of benzene rings is 2. The third-order valence-corrected chi connectivity index (χ3v) is 4.89. The second-order valence-corrected chi connectivity index (χ2v) is 7.10. The zero-order valence-electron chi connectivity index (χ0n) is 10.9. The van der Waals surface area contributed by atoms with Crippen molar-refractivity contribution < 1.29 is 8.42 Å². The molecule has 0 bridgehead atoms. The summed E-state index contributed by atoms with van der Waals surface area (Å²) in [4.78, 5) is 0.0239. The maximum atomic E-state index is 11.4. The number of rotatable bonds is 3. The molecule has 0 spiro atoms. The summed E-state index contributed by atoms with van der Waals surface area (Å²) in [5, 5.41) is 11.4. The van der Waals surface area contributed by atoms with Crippen LogP contribution in [0.15, 0.2) is 52.7 Å². The number of hydrogen-bond donors (Lipinski definition) is 3. The molecule has 3 aromatic rings. The Bertz CT molecular complexity index is 917. The summed E-state index contributed by atoms with van der Waals surface area (Å²) < 4.78 is 24.0. The van der Waals surface area contributed by atoms with Gasteiger partial charge in [-0.15, -0.1) is 11.3 Å². The number of primary sulfonamides is 1. The topological polar surface area (TPSA) is 98.2 Å². The predicted molar refractivity (Wildman–Crippen MR) is 87.3 cm³/mol. The number of nitrogen functional groups attached to an aromatic ring is 1. The lowest BCUT2D eigenvalue weighted by Crippen LogP contribution is -2.12. The summed E-state index contributed by atoms with van der Waals surface area (Å²) in [5.41, 5.74) is 7.67. The minimum Gasteiger partial charge on any atom is -0.397 e. The molecule has 1 aromatic heterocycles. The molecule has 3 rings (SSSR count). The first kappa shape index (κ1) is 13.9. The largest absolute Gasteiger partial charge is 0.397 e. The van der Waals surface area contributed by atoms with Crippen LogP contribution in [0.5, 0.6) is 0 Å². The van der Waals surface area contributed by atoms with E-state index in [1.165, 1.54) is 22.9 Å². The van der Waals surface area contributed by atoms with Crippen LogP contribution in [0.25, 0.3) is 10.1 Å². The van der Waals surface area contributed by atoms with Crippen molar-refractivity contribution >= 4 is 48.5 Å². The number of sulfonamides is 1. The van der Waals surface area contributed by atoms with E-state index in [4.69, 9.17) is 10.9 Å². The van der Waals surface area contributed by atoms with Crippen LogP contribution in [-0.4, -0.2) is 8.42 Å². The molecule has 2 aromatic carbocycles. The molecule has 1 heterocycles. The molecule has 7 heteroatoms. The van der Waals surface area contributed by atoms with Crippen LogP contribution in [0.2, 0.25) is 0 Å². The molecule has 0 saturated carbocycles. The molecule has 108 valence electrons. The number of thiophene rings is 1. The summed E-state index contributed by atoms with van der Waals surface area (Å²) in [7, 11) is -3.75. The maximum Gasteiger partial charge on any atom is 0.238 e. The standard InChI is InChI=1S/C14H13N3O2S2/c15-12-3-2-11(21(16,18)19)8-13(12)17-10-1-4-14-9(7-10)5-6-20-14/h1-8,17H,15H2,(H2,16,18,19). The Morgan fingerprint density at radius 2 is 1.86 bits per heavy atom. The Kier molecular flexibility index (Phi) is 3.32. The fourth-order valence-electron chi connectivity index (χ4n) is 2.02. The molecule has 0 fully saturated rings. The van der Waals surface area contributed by atoms with Crippen LogP contribution in [0.1, 0.15) is 0 Å². The van der Waals surface area contributed by atoms with E-state index in [1.807, 2.05) is 29.6 Å². The summed E-state index contributed by atoms with van der Waals surface area (Å²) >= 11 is 1.66. The molecule has 0 radical (unpaired) electrons. The minimum atomic E-state index is -3.75. The van der Waals surface area contributed by atoms with Crippen molar-refractivity contribution in [1.82, 2.24) is 0 Å². The minimum absolute atomic E-state index is 0.0239. The van der Waals surface area contributed by atoms with E-state index in [9.17, 15) is 8.42 Å². The Balaban J connectivity index is 2.00. The van der Waals surface area contributed by atoms with Gasteiger partial charge in [0.05, 0.1) is 16.3 Å². The second kappa shape index (κ2) is 5.03. The van der Waals surface area contributed by atoms with Gasteiger partial charge in [0, 0.05) is 10.4 Å². The molecule has 0 atom stereocenters. The van der Waals surface area contributed by atoms with Gasteiger partial charge in [-0.2, -0.15) is 0 Å². The van der Waals surface area contributed by atoms with Gasteiger partial charge in [0.15, 0.2) is 0 Å². The highest BCUT2D eigenvalue weighted by molar-refractivity contribution is 7.89. The van der Waals surface area contributed by atoms with Gasteiger partial charge in [-0.3, -0.25) is 0 Å². The van der Waals surface area contributed by atoms with Gasteiger partial charge in [-0.05, 0) is 53.2 Å². The van der Waals surface area contributed by atoms with E-state index < -0.39 is 10.0 Å². The average Bonchev–Trinajstić information content (AvgIpc) is 2.87. The number of hydrogen-bond acceptors (Lipinski definition) is 5. The first-order valence-electron chi connectivity index (χ1n) is 6.10. The Morgan fingerprint density at radius 1 is 1.05 bits per heavy atom. The highest BCUT2D eigenvalue weighted by atomic mass is 32.2. The van der Waals surface area contributed by atoms with Crippen molar-refractivity contribution in [3.63, 3.8) is 0 Å². The number of anilines is 3. The van der Waals surface area contributed by atoms with E-state index in [-0.39, 0.29) is 4.90 Å². The quantitative estimate of drug-likeness (QED) is 0.646. The molecule has 0 aliphatic heterocycles. The summed E-state index contributed by atoms with van der Waals surface area (Å²) in [5.74, 6) is 0. The summed E-state index contributed by atoms with van der Waals surface area (Å²) in [6.07, 6.45) is 0.